The summed E-state index contributed by atoms with van der Waals surface area (Å²) in [6, 6.07) is 1.44. The minimum absolute atomic E-state index is 0.408. The summed E-state index contributed by atoms with van der Waals surface area (Å²) in [5.41, 5.74) is 0.901. The molecular weight excluding hydrogens is 298 g/mol. The second kappa shape index (κ2) is 5.94. The third-order valence-electron chi connectivity index (χ3n) is 3.11. The number of thioether (sulfide) groups is 1. The highest BCUT2D eigenvalue weighted by Gasteiger charge is 2.29. The Morgan fingerprint density at radius 2 is 2.50 bits per heavy atom. The zero-order valence-corrected chi connectivity index (χ0v) is 12.2. The van der Waals surface area contributed by atoms with Crippen LogP contribution >= 0.6 is 23.1 Å². The van der Waals surface area contributed by atoms with Gasteiger partial charge in [-0.25, -0.2) is 0 Å². The topological polar surface area (TPSA) is 79.5 Å². The minimum atomic E-state index is -0.793. The van der Waals surface area contributed by atoms with Gasteiger partial charge in [0.15, 0.2) is 5.82 Å². The van der Waals surface area contributed by atoms with Gasteiger partial charge >= 0.3 is 5.97 Å². The third kappa shape index (κ3) is 2.87. The van der Waals surface area contributed by atoms with Gasteiger partial charge in [-0.05, 0) is 11.4 Å². The lowest BCUT2D eigenvalue weighted by Gasteiger charge is -2.31. The summed E-state index contributed by atoms with van der Waals surface area (Å²) in [7, 11) is 0. The lowest BCUT2D eigenvalue weighted by Crippen LogP contribution is -2.46. The number of hydrogen-bond acceptors (Lipinski definition) is 7. The number of nitrogens with zero attached hydrogens (tertiary/aromatic N) is 3. The fraction of sp³-hybridized carbons (Fsp3) is 0.417. The number of aliphatic carboxylic acids is 1. The molecule has 20 heavy (non-hydrogen) atoms. The first-order valence-corrected chi connectivity index (χ1v) is 8.23. The molecule has 0 saturated carbocycles. The molecule has 0 spiro atoms. The molecular formula is C12H13N3O3S2. The quantitative estimate of drug-likeness (QED) is 0.922. The fourth-order valence-corrected chi connectivity index (χ4v) is 3.79. The fourth-order valence-electron chi connectivity index (χ4n) is 2.06. The van der Waals surface area contributed by atoms with E-state index in [4.69, 9.17) is 4.52 Å². The molecule has 0 bridgehead atoms. The Morgan fingerprint density at radius 1 is 1.60 bits per heavy atom. The molecule has 0 amide bonds. The monoisotopic (exact) mass is 311 g/mol. The normalized spacial score (nSPS) is 20.1. The first-order chi connectivity index (χ1) is 9.74. The number of carboxylic acid groups (broad SMARTS) is 1. The summed E-state index contributed by atoms with van der Waals surface area (Å²) in [4.78, 5) is 17.4. The molecule has 6 nitrogen and oxygen atoms in total. The first kappa shape index (κ1) is 13.6. The molecule has 1 aliphatic heterocycles. The predicted molar refractivity (Wildman–Crippen MR) is 76.8 cm³/mol. The van der Waals surface area contributed by atoms with E-state index in [2.05, 4.69) is 10.1 Å². The molecule has 106 valence electrons. The first-order valence-electron chi connectivity index (χ1n) is 6.14. The predicted octanol–water partition coefficient (Wildman–Crippen LogP) is 1.80. The van der Waals surface area contributed by atoms with E-state index >= 15 is 0 Å². The van der Waals surface area contributed by atoms with Gasteiger partial charge in [0, 0.05) is 23.4 Å². The van der Waals surface area contributed by atoms with Crippen molar-refractivity contribution in [2.75, 3.05) is 18.1 Å². The van der Waals surface area contributed by atoms with E-state index in [1.54, 1.807) is 23.1 Å². The summed E-state index contributed by atoms with van der Waals surface area (Å²) < 4.78 is 5.21. The Morgan fingerprint density at radius 3 is 3.25 bits per heavy atom. The SMILES string of the molecule is O=C(O)C1CSCCN1Cc1noc(-c2ccsc2)n1. The molecule has 3 heterocycles. The number of rotatable bonds is 4. The Bertz CT molecular complexity index is 585. The molecule has 1 unspecified atom stereocenters. The molecule has 1 atom stereocenters. The van der Waals surface area contributed by atoms with E-state index in [1.165, 1.54) is 0 Å². The van der Waals surface area contributed by atoms with Crippen molar-refractivity contribution < 1.29 is 14.4 Å². The van der Waals surface area contributed by atoms with Crippen LogP contribution in [0.2, 0.25) is 0 Å². The van der Waals surface area contributed by atoms with Crippen LogP contribution in [0.5, 0.6) is 0 Å². The highest BCUT2D eigenvalue weighted by atomic mass is 32.2. The van der Waals surface area contributed by atoms with E-state index in [0.29, 0.717) is 24.0 Å². The zero-order chi connectivity index (χ0) is 13.9. The van der Waals surface area contributed by atoms with Gasteiger partial charge in [-0.15, -0.1) is 0 Å². The molecule has 1 saturated heterocycles. The third-order valence-corrected chi connectivity index (χ3v) is 4.81. The summed E-state index contributed by atoms with van der Waals surface area (Å²) in [5.74, 6) is 1.76. The summed E-state index contributed by atoms with van der Waals surface area (Å²) in [6.07, 6.45) is 0. The number of hydrogen-bond donors (Lipinski definition) is 1. The highest BCUT2D eigenvalue weighted by molar-refractivity contribution is 7.99. The van der Waals surface area contributed by atoms with E-state index < -0.39 is 12.0 Å². The molecule has 0 aliphatic carbocycles. The van der Waals surface area contributed by atoms with Crippen LogP contribution < -0.4 is 0 Å². The van der Waals surface area contributed by atoms with E-state index in [0.717, 1.165) is 17.9 Å². The lowest BCUT2D eigenvalue weighted by molar-refractivity contribution is -0.142. The van der Waals surface area contributed by atoms with Crippen molar-refractivity contribution in [1.82, 2.24) is 15.0 Å². The molecule has 0 aromatic carbocycles. The summed E-state index contributed by atoms with van der Waals surface area (Å²) in [5, 5.41) is 17.0. The second-order valence-electron chi connectivity index (χ2n) is 4.43. The molecule has 1 fully saturated rings. The van der Waals surface area contributed by atoms with Crippen LogP contribution in [0, 0.1) is 0 Å². The van der Waals surface area contributed by atoms with Crippen LogP contribution in [0.4, 0.5) is 0 Å². The Hall–Kier alpha value is -1.38. The van der Waals surface area contributed by atoms with Crippen molar-refractivity contribution in [3.63, 3.8) is 0 Å². The molecule has 2 aromatic heterocycles. The smallest absolute Gasteiger partial charge is 0.321 e. The lowest BCUT2D eigenvalue weighted by atomic mass is 10.2. The average Bonchev–Trinajstić information content (AvgIpc) is 3.09. The van der Waals surface area contributed by atoms with E-state index in [-0.39, 0.29) is 0 Å². The van der Waals surface area contributed by atoms with Crippen molar-refractivity contribution in [2.45, 2.75) is 12.6 Å². The maximum absolute atomic E-state index is 11.2. The Labute approximate surface area is 123 Å². The van der Waals surface area contributed by atoms with Gasteiger partial charge in [0.1, 0.15) is 6.04 Å². The van der Waals surface area contributed by atoms with Gasteiger partial charge in [0.25, 0.3) is 5.89 Å². The maximum Gasteiger partial charge on any atom is 0.321 e. The van der Waals surface area contributed by atoms with Crippen molar-refractivity contribution in [2.24, 2.45) is 0 Å². The van der Waals surface area contributed by atoms with Gasteiger partial charge < -0.3 is 9.63 Å². The molecule has 8 heteroatoms. The van der Waals surface area contributed by atoms with Crippen LogP contribution in [-0.2, 0) is 11.3 Å². The Balaban J connectivity index is 1.72. The van der Waals surface area contributed by atoms with Crippen molar-refractivity contribution in [3.05, 3.63) is 22.7 Å². The van der Waals surface area contributed by atoms with Crippen LogP contribution in [0.25, 0.3) is 11.5 Å². The van der Waals surface area contributed by atoms with Crippen molar-refractivity contribution in [1.29, 1.82) is 0 Å². The molecule has 1 aliphatic rings. The summed E-state index contributed by atoms with van der Waals surface area (Å²) >= 11 is 3.23. The van der Waals surface area contributed by atoms with E-state index in [1.807, 2.05) is 21.7 Å². The van der Waals surface area contributed by atoms with E-state index in [9.17, 15) is 9.90 Å². The highest BCUT2D eigenvalue weighted by Crippen LogP contribution is 2.22. The van der Waals surface area contributed by atoms with Crippen LogP contribution in [0.1, 0.15) is 5.82 Å². The minimum Gasteiger partial charge on any atom is -0.480 e. The Kier molecular flexibility index (Phi) is 4.04. The number of carboxylic acids is 1. The van der Waals surface area contributed by atoms with Crippen molar-refractivity contribution >= 4 is 29.1 Å². The van der Waals surface area contributed by atoms with Crippen LogP contribution in [-0.4, -0.2) is 50.2 Å². The van der Waals surface area contributed by atoms with Gasteiger partial charge in [0.05, 0.1) is 12.1 Å². The number of carbonyl (C=O) groups is 1. The summed E-state index contributed by atoms with van der Waals surface area (Å²) in [6.45, 7) is 1.13. The van der Waals surface area contributed by atoms with Crippen LogP contribution in [0.15, 0.2) is 21.3 Å². The van der Waals surface area contributed by atoms with Crippen LogP contribution in [0.3, 0.4) is 0 Å². The molecule has 1 N–H and O–H groups in total. The second-order valence-corrected chi connectivity index (χ2v) is 6.36. The molecule has 2 aromatic rings. The van der Waals surface area contributed by atoms with Gasteiger partial charge in [0.2, 0.25) is 0 Å². The largest absolute Gasteiger partial charge is 0.480 e. The van der Waals surface area contributed by atoms with Gasteiger partial charge in [-0.1, -0.05) is 5.16 Å². The standard InChI is InChI=1S/C12H13N3O3S2/c16-12(17)9-7-20-4-2-15(9)5-10-13-11(18-14-10)8-1-3-19-6-8/h1,3,6,9H,2,4-5,7H2,(H,16,17). The molecule has 3 rings (SSSR count). The number of thiophene rings is 1. The van der Waals surface area contributed by atoms with Crippen molar-refractivity contribution in [3.8, 4) is 11.5 Å². The maximum atomic E-state index is 11.2. The van der Waals surface area contributed by atoms with Gasteiger partial charge in [-0.2, -0.15) is 28.1 Å². The zero-order valence-electron chi connectivity index (χ0n) is 10.6. The average molecular weight is 311 g/mol. The van der Waals surface area contributed by atoms with Gasteiger partial charge in [-0.3, -0.25) is 9.69 Å². The molecule has 0 radical (unpaired) electrons. The number of aromatic nitrogens is 2.